The number of carboxylic acid groups (broad SMARTS) is 1. The van der Waals surface area contributed by atoms with E-state index in [1.54, 1.807) is 18.2 Å². The fourth-order valence-electron chi connectivity index (χ4n) is 1.03. The minimum atomic E-state index is -0.954. The molecule has 0 bridgehead atoms. The summed E-state index contributed by atoms with van der Waals surface area (Å²) in [6, 6.07) is 6.66. The number of aromatic carboxylic acids is 1. The van der Waals surface area contributed by atoms with Gasteiger partial charge in [-0.2, -0.15) is 0 Å². The Morgan fingerprint density at radius 2 is 2.07 bits per heavy atom. The second-order valence-electron chi connectivity index (χ2n) is 3.51. The Morgan fingerprint density at radius 1 is 1.43 bits per heavy atom. The van der Waals surface area contributed by atoms with Gasteiger partial charge in [-0.3, -0.25) is 0 Å². The first-order valence-electron chi connectivity index (χ1n) is 4.56. The molecule has 3 nitrogen and oxygen atoms in total. The van der Waals surface area contributed by atoms with Gasteiger partial charge in [-0.1, -0.05) is 26.0 Å². The number of carbonyl (C=O) groups is 1. The standard InChI is InChI=1S/C11H14O3/c1-8(2)7-14-10-6-4-3-5-9(10)11(12)13/h3-6,8H,7H2,1-2H3,(H,12,13). The molecule has 0 radical (unpaired) electrons. The number of para-hydroxylation sites is 1. The molecule has 1 aromatic rings. The molecule has 14 heavy (non-hydrogen) atoms. The third kappa shape index (κ3) is 2.76. The van der Waals surface area contributed by atoms with Crippen LogP contribution in [0, 0.1) is 5.92 Å². The van der Waals surface area contributed by atoms with Crippen molar-refractivity contribution in [3.05, 3.63) is 29.8 Å². The van der Waals surface area contributed by atoms with Crippen molar-refractivity contribution in [2.75, 3.05) is 6.61 Å². The predicted molar refractivity (Wildman–Crippen MR) is 53.7 cm³/mol. The van der Waals surface area contributed by atoms with Gasteiger partial charge in [0.1, 0.15) is 11.3 Å². The molecule has 0 saturated heterocycles. The summed E-state index contributed by atoms with van der Waals surface area (Å²) in [6.07, 6.45) is 0. The van der Waals surface area contributed by atoms with Gasteiger partial charge >= 0.3 is 5.97 Å². The van der Waals surface area contributed by atoms with E-state index in [1.807, 2.05) is 13.8 Å². The average Bonchev–Trinajstić information content (AvgIpc) is 2.15. The summed E-state index contributed by atoms with van der Waals surface area (Å²) in [5.41, 5.74) is 0.216. The van der Waals surface area contributed by atoms with Gasteiger partial charge in [-0.15, -0.1) is 0 Å². The van der Waals surface area contributed by atoms with Crippen LogP contribution in [-0.2, 0) is 0 Å². The molecule has 0 saturated carbocycles. The van der Waals surface area contributed by atoms with Crippen molar-refractivity contribution in [1.82, 2.24) is 0 Å². The highest BCUT2D eigenvalue weighted by Gasteiger charge is 2.09. The summed E-state index contributed by atoms with van der Waals surface area (Å²) in [5, 5.41) is 8.85. The lowest BCUT2D eigenvalue weighted by molar-refractivity contribution is 0.0691. The van der Waals surface area contributed by atoms with E-state index in [0.717, 1.165) is 0 Å². The van der Waals surface area contributed by atoms with Crippen LogP contribution in [0.2, 0.25) is 0 Å². The van der Waals surface area contributed by atoms with E-state index in [9.17, 15) is 4.79 Å². The zero-order valence-corrected chi connectivity index (χ0v) is 8.36. The molecule has 0 amide bonds. The van der Waals surface area contributed by atoms with E-state index in [0.29, 0.717) is 18.3 Å². The van der Waals surface area contributed by atoms with Crippen molar-refractivity contribution in [2.45, 2.75) is 13.8 Å². The first-order valence-corrected chi connectivity index (χ1v) is 4.56. The zero-order chi connectivity index (χ0) is 10.6. The minimum absolute atomic E-state index is 0.216. The summed E-state index contributed by atoms with van der Waals surface area (Å²) >= 11 is 0. The Hall–Kier alpha value is -1.51. The van der Waals surface area contributed by atoms with Gasteiger partial charge in [0.25, 0.3) is 0 Å². The third-order valence-electron chi connectivity index (χ3n) is 1.69. The molecule has 0 aliphatic carbocycles. The van der Waals surface area contributed by atoms with Crippen LogP contribution in [0.1, 0.15) is 24.2 Å². The maximum Gasteiger partial charge on any atom is 0.339 e. The van der Waals surface area contributed by atoms with Gasteiger partial charge in [-0.25, -0.2) is 4.79 Å². The smallest absolute Gasteiger partial charge is 0.339 e. The number of ether oxygens (including phenoxy) is 1. The summed E-state index contributed by atoms with van der Waals surface area (Å²) in [6.45, 7) is 4.57. The Bertz CT molecular complexity index is 318. The zero-order valence-electron chi connectivity index (χ0n) is 8.36. The van der Waals surface area contributed by atoms with E-state index in [1.165, 1.54) is 6.07 Å². The fraction of sp³-hybridized carbons (Fsp3) is 0.364. The van der Waals surface area contributed by atoms with Gasteiger partial charge in [0.2, 0.25) is 0 Å². The van der Waals surface area contributed by atoms with Gasteiger partial charge in [0, 0.05) is 0 Å². The monoisotopic (exact) mass is 194 g/mol. The molecule has 1 N–H and O–H groups in total. The number of rotatable bonds is 4. The third-order valence-corrected chi connectivity index (χ3v) is 1.69. The summed E-state index contributed by atoms with van der Waals surface area (Å²) in [5.74, 6) is -0.130. The largest absolute Gasteiger partial charge is 0.492 e. The van der Waals surface area contributed by atoms with E-state index in [2.05, 4.69) is 0 Å². The molecular weight excluding hydrogens is 180 g/mol. The molecule has 1 rings (SSSR count). The Balaban J connectivity index is 2.79. The van der Waals surface area contributed by atoms with E-state index >= 15 is 0 Å². The lowest BCUT2D eigenvalue weighted by Gasteiger charge is -2.10. The second kappa shape index (κ2) is 4.65. The minimum Gasteiger partial charge on any atom is -0.492 e. The highest BCUT2D eigenvalue weighted by Crippen LogP contribution is 2.18. The molecule has 76 valence electrons. The maximum atomic E-state index is 10.8. The van der Waals surface area contributed by atoms with Crippen LogP contribution in [0.15, 0.2) is 24.3 Å². The van der Waals surface area contributed by atoms with Gasteiger partial charge in [0.05, 0.1) is 6.61 Å². The first-order chi connectivity index (χ1) is 6.61. The van der Waals surface area contributed by atoms with Crippen molar-refractivity contribution >= 4 is 5.97 Å². The molecule has 0 atom stereocenters. The molecule has 1 aromatic carbocycles. The second-order valence-corrected chi connectivity index (χ2v) is 3.51. The number of carboxylic acids is 1. The normalized spacial score (nSPS) is 10.2. The lowest BCUT2D eigenvalue weighted by atomic mass is 10.2. The van der Waals surface area contributed by atoms with Gasteiger partial charge in [0.15, 0.2) is 0 Å². The number of hydrogen-bond donors (Lipinski definition) is 1. The number of hydrogen-bond acceptors (Lipinski definition) is 2. The summed E-state index contributed by atoms with van der Waals surface area (Å²) in [7, 11) is 0. The van der Waals surface area contributed by atoms with Crippen molar-refractivity contribution in [1.29, 1.82) is 0 Å². The quantitative estimate of drug-likeness (QED) is 0.800. The maximum absolute atomic E-state index is 10.8. The molecular formula is C11H14O3. The highest BCUT2D eigenvalue weighted by molar-refractivity contribution is 5.90. The van der Waals surface area contributed by atoms with Crippen LogP contribution in [0.25, 0.3) is 0 Å². The molecule has 0 unspecified atom stereocenters. The molecule has 0 fully saturated rings. The van der Waals surface area contributed by atoms with Crippen LogP contribution in [0.5, 0.6) is 5.75 Å². The first kappa shape index (κ1) is 10.6. The van der Waals surface area contributed by atoms with E-state index in [4.69, 9.17) is 9.84 Å². The Labute approximate surface area is 83.3 Å². The summed E-state index contributed by atoms with van der Waals surface area (Å²) in [4.78, 5) is 10.8. The molecule has 0 aliphatic heterocycles. The fourth-order valence-corrected chi connectivity index (χ4v) is 1.03. The van der Waals surface area contributed by atoms with Crippen LogP contribution in [-0.4, -0.2) is 17.7 Å². The van der Waals surface area contributed by atoms with Gasteiger partial charge in [-0.05, 0) is 18.1 Å². The average molecular weight is 194 g/mol. The van der Waals surface area contributed by atoms with Crippen LogP contribution < -0.4 is 4.74 Å². The molecule has 3 heteroatoms. The SMILES string of the molecule is CC(C)COc1ccccc1C(=O)O. The van der Waals surface area contributed by atoms with E-state index in [-0.39, 0.29) is 5.56 Å². The topological polar surface area (TPSA) is 46.5 Å². The van der Waals surface area contributed by atoms with Crippen LogP contribution in [0.4, 0.5) is 0 Å². The molecule has 0 heterocycles. The van der Waals surface area contributed by atoms with Crippen LogP contribution in [0.3, 0.4) is 0 Å². The lowest BCUT2D eigenvalue weighted by Crippen LogP contribution is -2.08. The van der Waals surface area contributed by atoms with Crippen molar-refractivity contribution in [3.63, 3.8) is 0 Å². The van der Waals surface area contributed by atoms with Crippen molar-refractivity contribution in [2.24, 2.45) is 5.92 Å². The van der Waals surface area contributed by atoms with Gasteiger partial charge < -0.3 is 9.84 Å². The van der Waals surface area contributed by atoms with Crippen LogP contribution >= 0.6 is 0 Å². The Morgan fingerprint density at radius 3 is 2.64 bits per heavy atom. The van der Waals surface area contributed by atoms with Crippen molar-refractivity contribution < 1.29 is 14.6 Å². The molecule has 0 spiro atoms. The highest BCUT2D eigenvalue weighted by atomic mass is 16.5. The van der Waals surface area contributed by atoms with Crippen molar-refractivity contribution in [3.8, 4) is 5.75 Å². The summed E-state index contributed by atoms with van der Waals surface area (Å²) < 4.78 is 5.38. The molecule has 0 aromatic heterocycles. The molecule has 0 aliphatic rings. The van der Waals surface area contributed by atoms with E-state index < -0.39 is 5.97 Å². The Kier molecular flexibility index (Phi) is 3.51. The number of benzene rings is 1. The predicted octanol–water partition coefficient (Wildman–Crippen LogP) is 2.42.